The molecule has 0 spiro atoms. The molecule has 4 aromatic rings. The van der Waals surface area contributed by atoms with E-state index in [4.69, 9.17) is 9.40 Å². The molecule has 0 bridgehead atoms. The Morgan fingerprint density at radius 2 is 1.74 bits per heavy atom. The Balaban J connectivity index is 2.08. The van der Waals surface area contributed by atoms with Crippen LogP contribution in [0.4, 0.5) is 0 Å². The number of benzene rings is 2. The number of aryl methyl sites for hydroxylation is 2. The number of hydrogen-bond acceptors (Lipinski definition) is 4. The smallest absolute Gasteiger partial charge is 0.197 e. The van der Waals surface area contributed by atoms with E-state index in [1.54, 1.807) is 0 Å². The van der Waals surface area contributed by atoms with Gasteiger partial charge in [-0.05, 0) is 36.5 Å². The van der Waals surface area contributed by atoms with Crippen molar-refractivity contribution in [2.75, 3.05) is 0 Å². The molecule has 2 heterocycles. The lowest BCUT2D eigenvalue weighted by atomic mass is 9.83. The quantitative estimate of drug-likeness (QED) is 0.431. The van der Waals surface area contributed by atoms with Gasteiger partial charge in [0, 0.05) is 16.3 Å². The summed E-state index contributed by atoms with van der Waals surface area (Å²) < 4.78 is 6.04. The van der Waals surface area contributed by atoms with Crippen molar-refractivity contribution < 1.29 is 4.42 Å². The van der Waals surface area contributed by atoms with Crippen LogP contribution in [-0.4, -0.2) is 9.97 Å². The normalized spacial score (nSPS) is 11.9. The predicted octanol–water partition coefficient (Wildman–Crippen LogP) is 5.83. The summed E-state index contributed by atoms with van der Waals surface area (Å²) in [5.74, 6) is 1.08. The third kappa shape index (κ3) is 2.67. The largest absolute Gasteiger partial charge is 0.452 e. The molecule has 4 heteroatoms. The number of hydrogen-bond donors (Lipinski definition) is 0. The topological polar surface area (TPSA) is 62.7 Å². The van der Waals surface area contributed by atoms with Gasteiger partial charge in [0.15, 0.2) is 17.3 Å². The number of furan rings is 1. The Labute approximate surface area is 158 Å². The summed E-state index contributed by atoms with van der Waals surface area (Å²) in [5, 5.41) is 11.7. The van der Waals surface area contributed by atoms with Crippen molar-refractivity contribution >= 4 is 21.9 Å². The van der Waals surface area contributed by atoms with E-state index in [0.29, 0.717) is 17.3 Å². The van der Waals surface area contributed by atoms with Crippen molar-refractivity contribution in [2.45, 2.75) is 40.0 Å². The minimum atomic E-state index is -0.113. The van der Waals surface area contributed by atoms with E-state index >= 15 is 0 Å². The molecule has 0 aliphatic heterocycles. The first-order chi connectivity index (χ1) is 12.8. The molecule has 4 rings (SSSR count). The maximum Gasteiger partial charge on any atom is 0.197 e. The van der Waals surface area contributed by atoms with Crippen molar-refractivity contribution in [3.63, 3.8) is 0 Å². The van der Waals surface area contributed by atoms with E-state index in [9.17, 15) is 5.26 Å². The van der Waals surface area contributed by atoms with Crippen LogP contribution < -0.4 is 0 Å². The lowest BCUT2D eigenvalue weighted by Gasteiger charge is -2.22. The first-order valence-corrected chi connectivity index (χ1v) is 9.01. The number of fused-ring (bicyclic) bond motifs is 2. The fourth-order valence-electron chi connectivity index (χ4n) is 3.57. The highest BCUT2D eigenvalue weighted by molar-refractivity contribution is 5.92. The zero-order valence-electron chi connectivity index (χ0n) is 16.2. The van der Waals surface area contributed by atoms with Gasteiger partial charge in [-0.2, -0.15) is 5.26 Å². The van der Waals surface area contributed by atoms with Crippen LogP contribution >= 0.6 is 0 Å². The first kappa shape index (κ1) is 17.2. The maximum absolute atomic E-state index is 9.83. The molecule has 2 aromatic carbocycles. The molecule has 0 atom stereocenters. The van der Waals surface area contributed by atoms with E-state index < -0.39 is 0 Å². The fraction of sp³-hybridized carbons (Fsp3) is 0.261. The van der Waals surface area contributed by atoms with Crippen LogP contribution in [0.2, 0.25) is 0 Å². The molecule has 2 aromatic heterocycles. The van der Waals surface area contributed by atoms with E-state index in [1.807, 2.05) is 38.1 Å². The number of nitriles is 1. The Hall–Kier alpha value is -3.19. The van der Waals surface area contributed by atoms with Crippen molar-refractivity contribution in [3.8, 4) is 17.7 Å². The van der Waals surface area contributed by atoms with Gasteiger partial charge in [-0.15, -0.1) is 0 Å². The average molecular weight is 355 g/mol. The van der Waals surface area contributed by atoms with Crippen molar-refractivity contribution in [1.82, 2.24) is 9.97 Å². The highest BCUT2D eigenvalue weighted by Crippen LogP contribution is 2.36. The predicted molar refractivity (Wildman–Crippen MR) is 108 cm³/mol. The van der Waals surface area contributed by atoms with Gasteiger partial charge in [-0.3, -0.25) is 0 Å². The van der Waals surface area contributed by atoms with Crippen molar-refractivity contribution in [3.05, 3.63) is 58.8 Å². The Bertz CT molecular complexity index is 1240. The highest BCUT2D eigenvalue weighted by atomic mass is 16.3. The van der Waals surface area contributed by atoms with Crippen molar-refractivity contribution in [2.24, 2.45) is 0 Å². The summed E-state index contributed by atoms with van der Waals surface area (Å²) in [7, 11) is 0. The van der Waals surface area contributed by atoms with Crippen LogP contribution in [-0.2, 0) is 5.41 Å². The number of rotatable bonds is 1. The Morgan fingerprint density at radius 1 is 1.00 bits per heavy atom. The molecule has 0 N–H and O–H groups in total. The monoisotopic (exact) mass is 355 g/mol. The molecule has 0 radical (unpaired) electrons. The second kappa shape index (κ2) is 5.92. The summed E-state index contributed by atoms with van der Waals surface area (Å²) in [6.45, 7) is 10.4. The van der Waals surface area contributed by atoms with Crippen LogP contribution in [0.15, 0.2) is 40.8 Å². The second-order valence-corrected chi connectivity index (χ2v) is 7.96. The van der Waals surface area contributed by atoms with E-state index in [0.717, 1.165) is 38.6 Å². The SMILES string of the molecule is Cc1c(-c2nc(C#N)c3c(C(C)(C)C)ccc(C)c3n2)oc2ccccc12. The first-order valence-electron chi connectivity index (χ1n) is 9.01. The molecular weight excluding hydrogens is 334 g/mol. The van der Waals surface area contributed by atoms with Gasteiger partial charge < -0.3 is 4.42 Å². The molecule has 134 valence electrons. The minimum Gasteiger partial charge on any atom is -0.452 e. The van der Waals surface area contributed by atoms with Gasteiger partial charge in [0.05, 0.1) is 5.52 Å². The molecule has 0 saturated heterocycles. The Morgan fingerprint density at radius 3 is 2.41 bits per heavy atom. The van der Waals surface area contributed by atoms with Crippen LogP contribution in [0.3, 0.4) is 0 Å². The molecular formula is C23H21N3O. The van der Waals surface area contributed by atoms with Gasteiger partial charge >= 0.3 is 0 Å². The second-order valence-electron chi connectivity index (χ2n) is 7.96. The van der Waals surface area contributed by atoms with Crippen LogP contribution in [0.25, 0.3) is 33.5 Å². The van der Waals surface area contributed by atoms with Gasteiger partial charge in [0.25, 0.3) is 0 Å². The molecule has 4 nitrogen and oxygen atoms in total. The molecule has 0 amide bonds. The van der Waals surface area contributed by atoms with E-state index in [2.05, 4.69) is 44.0 Å². The summed E-state index contributed by atoms with van der Waals surface area (Å²) in [6.07, 6.45) is 0. The highest BCUT2D eigenvalue weighted by Gasteiger charge is 2.23. The molecule has 27 heavy (non-hydrogen) atoms. The van der Waals surface area contributed by atoms with Crippen LogP contribution in [0, 0.1) is 25.2 Å². The summed E-state index contributed by atoms with van der Waals surface area (Å²) in [5.41, 5.74) is 4.97. The van der Waals surface area contributed by atoms with Crippen LogP contribution in [0.5, 0.6) is 0 Å². The number of nitrogens with zero attached hydrogens (tertiary/aromatic N) is 3. The average Bonchev–Trinajstić information content (AvgIpc) is 2.97. The zero-order valence-corrected chi connectivity index (χ0v) is 16.2. The van der Waals surface area contributed by atoms with Gasteiger partial charge in [0.2, 0.25) is 0 Å². The van der Waals surface area contributed by atoms with Crippen LogP contribution in [0.1, 0.15) is 43.2 Å². The number of para-hydroxylation sites is 1. The lowest BCUT2D eigenvalue weighted by molar-refractivity contribution is 0.595. The van der Waals surface area contributed by atoms with Gasteiger partial charge in [-0.25, -0.2) is 9.97 Å². The molecule has 0 unspecified atom stereocenters. The maximum atomic E-state index is 9.83. The molecule has 0 saturated carbocycles. The molecule has 0 fully saturated rings. The standard InChI is InChI=1S/C23H21N3O/c1-13-10-11-16(23(3,4)5)19-17(12-24)25-22(26-20(13)19)21-14(2)15-8-6-7-9-18(15)27-21/h6-11H,1-5H3. The van der Waals surface area contributed by atoms with E-state index in [-0.39, 0.29) is 5.41 Å². The lowest BCUT2D eigenvalue weighted by Crippen LogP contribution is -2.13. The minimum absolute atomic E-state index is 0.113. The fourth-order valence-corrected chi connectivity index (χ4v) is 3.57. The Kier molecular flexibility index (Phi) is 3.78. The third-order valence-corrected chi connectivity index (χ3v) is 5.01. The molecule has 0 aliphatic carbocycles. The van der Waals surface area contributed by atoms with E-state index in [1.165, 1.54) is 0 Å². The summed E-state index contributed by atoms with van der Waals surface area (Å²) >= 11 is 0. The number of aromatic nitrogens is 2. The van der Waals surface area contributed by atoms with Gasteiger partial charge in [0.1, 0.15) is 11.7 Å². The van der Waals surface area contributed by atoms with Crippen molar-refractivity contribution in [1.29, 1.82) is 5.26 Å². The summed E-state index contributed by atoms with van der Waals surface area (Å²) in [4.78, 5) is 9.42. The van der Waals surface area contributed by atoms with Gasteiger partial charge in [-0.1, -0.05) is 51.1 Å². The molecule has 0 aliphatic rings. The zero-order chi connectivity index (χ0) is 19.3. The summed E-state index contributed by atoms with van der Waals surface area (Å²) in [6, 6.07) is 14.3. The third-order valence-electron chi connectivity index (χ3n) is 5.01.